The number of nitrogens with one attached hydrogen (secondary N) is 1. The summed E-state index contributed by atoms with van der Waals surface area (Å²) >= 11 is 5.97. The van der Waals surface area contributed by atoms with Crippen molar-refractivity contribution in [2.24, 2.45) is 0 Å². The third-order valence-electron chi connectivity index (χ3n) is 4.14. The predicted molar refractivity (Wildman–Crippen MR) is 88.4 cm³/mol. The number of hydrogen-bond acceptors (Lipinski definition) is 2. The fraction of sp³-hybridized carbons (Fsp3) is 0.294. The Balaban J connectivity index is 1.58. The highest BCUT2D eigenvalue weighted by molar-refractivity contribution is 6.31. The third kappa shape index (κ3) is 3.43. The number of aromatic nitrogens is 1. The molecule has 1 aliphatic heterocycles. The van der Waals surface area contributed by atoms with Crippen LogP contribution in [0.3, 0.4) is 0 Å². The van der Waals surface area contributed by atoms with Crippen molar-refractivity contribution in [3.63, 3.8) is 0 Å². The molecule has 0 saturated carbocycles. The van der Waals surface area contributed by atoms with Crippen molar-refractivity contribution in [2.45, 2.75) is 6.42 Å². The van der Waals surface area contributed by atoms with Gasteiger partial charge in [-0.2, -0.15) is 0 Å². The Morgan fingerprint density at radius 3 is 2.42 bits per heavy atom. The summed E-state index contributed by atoms with van der Waals surface area (Å²) in [5.41, 5.74) is 0.752. The van der Waals surface area contributed by atoms with Gasteiger partial charge in [0.2, 0.25) is 5.91 Å². The van der Waals surface area contributed by atoms with Crippen molar-refractivity contribution in [3.05, 3.63) is 58.6 Å². The molecule has 0 unspecified atom stereocenters. The number of benzene rings is 1. The molecular formula is C17H17ClFN3O2. The first-order valence-electron chi connectivity index (χ1n) is 7.69. The second-order valence-electron chi connectivity index (χ2n) is 5.63. The Kier molecular flexibility index (Phi) is 4.85. The van der Waals surface area contributed by atoms with E-state index in [2.05, 4.69) is 4.98 Å². The molecule has 0 aliphatic carbocycles. The van der Waals surface area contributed by atoms with E-state index in [9.17, 15) is 14.0 Å². The topological polar surface area (TPSA) is 56.4 Å². The van der Waals surface area contributed by atoms with Gasteiger partial charge >= 0.3 is 0 Å². The molecule has 1 aromatic carbocycles. The van der Waals surface area contributed by atoms with Crippen LogP contribution in [0.5, 0.6) is 0 Å². The minimum Gasteiger partial charge on any atom is -0.357 e. The monoisotopic (exact) mass is 349 g/mol. The zero-order valence-corrected chi connectivity index (χ0v) is 13.7. The second-order valence-corrected chi connectivity index (χ2v) is 6.04. The van der Waals surface area contributed by atoms with E-state index in [1.165, 1.54) is 12.1 Å². The summed E-state index contributed by atoms with van der Waals surface area (Å²) in [4.78, 5) is 30.8. The van der Waals surface area contributed by atoms with Gasteiger partial charge in [-0.25, -0.2) is 4.39 Å². The molecule has 7 heteroatoms. The Bertz CT molecular complexity index is 720. The van der Waals surface area contributed by atoms with E-state index >= 15 is 0 Å². The van der Waals surface area contributed by atoms with E-state index in [0.717, 1.165) is 0 Å². The Morgan fingerprint density at radius 1 is 1.08 bits per heavy atom. The van der Waals surface area contributed by atoms with Gasteiger partial charge in [0.05, 0.1) is 6.42 Å². The molecule has 2 aromatic rings. The Labute approximate surface area is 144 Å². The van der Waals surface area contributed by atoms with Crippen molar-refractivity contribution < 1.29 is 14.0 Å². The molecule has 1 aliphatic rings. The van der Waals surface area contributed by atoms with Crippen molar-refractivity contribution >= 4 is 23.4 Å². The summed E-state index contributed by atoms with van der Waals surface area (Å²) in [7, 11) is 0. The van der Waals surface area contributed by atoms with Crippen LogP contribution in [0.15, 0.2) is 36.5 Å². The lowest BCUT2D eigenvalue weighted by Crippen LogP contribution is -2.51. The van der Waals surface area contributed by atoms with Crippen LogP contribution in [0.1, 0.15) is 16.1 Å². The number of carbonyl (C=O) groups excluding carboxylic acids is 2. The highest BCUT2D eigenvalue weighted by atomic mass is 35.5. The summed E-state index contributed by atoms with van der Waals surface area (Å²) in [5, 5.41) is 0.254. The van der Waals surface area contributed by atoms with Gasteiger partial charge in [-0.15, -0.1) is 0 Å². The molecule has 2 heterocycles. The normalized spacial score (nSPS) is 14.8. The molecule has 3 rings (SSSR count). The van der Waals surface area contributed by atoms with E-state index in [1.54, 1.807) is 34.2 Å². The summed E-state index contributed by atoms with van der Waals surface area (Å²) in [6, 6.07) is 7.86. The minimum absolute atomic E-state index is 0.0733. The van der Waals surface area contributed by atoms with E-state index in [0.29, 0.717) is 31.9 Å². The highest BCUT2D eigenvalue weighted by Crippen LogP contribution is 2.20. The standard InChI is InChI=1S/C17H17ClFN3O2/c18-13-3-1-4-14(19)12(13)11-16(23)21-7-9-22(10-8-21)17(24)15-5-2-6-20-15/h1-6,20H,7-11H2. The molecule has 5 nitrogen and oxygen atoms in total. The minimum atomic E-state index is -0.476. The van der Waals surface area contributed by atoms with E-state index in [1.807, 2.05) is 0 Å². The number of piperazine rings is 1. The van der Waals surface area contributed by atoms with Gasteiger partial charge < -0.3 is 14.8 Å². The van der Waals surface area contributed by atoms with Crippen LogP contribution < -0.4 is 0 Å². The maximum atomic E-state index is 13.8. The number of amides is 2. The average molecular weight is 350 g/mol. The summed E-state index contributed by atoms with van der Waals surface area (Å²) in [5.74, 6) is -0.741. The van der Waals surface area contributed by atoms with Crippen molar-refractivity contribution in [3.8, 4) is 0 Å². The third-order valence-corrected chi connectivity index (χ3v) is 4.49. The number of carbonyl (C=O) groups is 2. The van der Waals surface area contributed by atoms with Gasteiger partial charge in [0.15, 0.2) is 0 Å². The first-order chi connectivity index (χ1) is 11.6. The number of hydrogen-bond donors (Lipinski definition) is 1. The lowest BCUT2D eigenvalue weighted by atomic mass is 10.1. The first kappa shape index (κ1) is 16.5. The van der Waals surface area contributed by atoms with Crippen LogP contribution in [0.25, 0.3) is 0 Å². The first-order valence-corrected chi connectivity index (χ1v) is 8.07. The van der Waals surface area contributed by atoms with E-state index in [4.69, 9.17) is 11.6 Å². The van der Waals surface area contributed by atoms with Gasteiger partial charge in [-0.1, -0.05) is 17.7 Å². The molecule has 1 saturated heterocycles. The molecule has 1 N–H and O–H groups in total. The molecule has 2 amide bonds. The van der Waals surface area contributed by atoms with Crippen LogP contribution in [-0.4, -0.2) is 52.8 Å². The average Bonchev–Trinajstić information content (AvgIpc) is 3.12. The maximum Gasteiger partial charge on any atom is 0.270 e. The molecular weight excluding hydrogens is 333 g/mol. The number of halogens is 2. The second kappa shape index (κ2) is 7.05. The van der Waals surface area contributed by atoms with Crippen LogP contribution in [0.2, 0.25) is 5.02 Å². The Morgan fingerprint density at radius 2 is 1.79 bits per heavy atom. The number of rotatable bonds is 3. The maximum absolute atomic E-state index is 13.8. The number of nitrogens with zero attached hydrogens (tertiary/aromatic N) is 2. The van der Waals surface area contributed by atoms with E-state index in [-0.39, 0.29) is 28.8 Å². The predicted octanol–water partition coefficient (Wildman–Crippen LogP) is 2.33. The zero-order chi connectivity index (χ0) is 17.1. The number of aromatic amines is 1. The van der Waals surface area contributed by atoms with Crippen molar-refractivity contribution in [1.29, 1.82) is 0 Å². The molecule has 24 heavy (non-hydrogen) atoms. The van der Waals surface area contributed by atoms with Crippen LogP contribution >= 0.6 is 11.6 Å². The quantitative estimate of drug-likeness (QED) is 0.924. The SMILES string of the molecule is O=C(Cc1c(F)cccc1Cl)N1CCN(C(=O)c2ccc[nH]2)CC1. The van der Waals surface area contributed by atoms with Gasteiger partial charge in [0.25, 0.3) is 5.91 Å². The lowest BCUT2D eigenvalue weighted by molar-refractivity contribution is -0.132. The fourth-order valence-corrected chi connectivity index (χ4v) is 2.99. The van der Waals surface area contributed by atoms with Crippen molar-refractivity contribution in [2.75, 3.05) is 26.2 Å². The Hall–Kier alpha value is -2.34. The molecule has 126 valence electrons. The highest BCUT2D eigenvalue weighted by Gasteiger charge is 2.26. The van der Waals surface area contributed by atoms with Crippen LogP contribution in [-0.2, 0) is 11.2 Å². The fourth-order valence-electron chi connectivity index (χ4n) is 2.76. The smallest absolute Gasteiger partial charge is 0.270 e. The van der Waals surface area contributed by atoms with Gasteiger partial charge in [0, 0.05) is 43.0 Å². The zero-order valence-electron chi connectivity index (χ0n) is 13.0. The molecule has 1 fully saturated rings. The molecule has 0 radical (unpaired) electrons. The van der Waals surface area contributed by atoms with Crippen LogP contribution in [0.4, 0.5) is 4.39 Å². The van der Waals surface area contributed by atoms with Gasteiger partial charge in [-0.05, 0) is 24.3 Å². The molecule has 0 spiro atoms. The molecule has 0 bridgehead atoms. The molecule has 1 aromatic heterocycles. The lowest BCUT2D eigenvalue weighted by Gasteiger charge is -2.34. The van der Waals surface area contributed by atoms with E-state index < -0.39 is 5.82 Å². The number of H-pyrrole nitrogens is 1. The summed E-state index contributed by atoms with van der Waals surface area (Å²) in [6.07, 6.45) is 1.63. The summed E-state index contributed by atoms with van der Waals surface area (Å²) in [6.45, 7) is 1.76. The van der Waals surface area contributed by atoms with Gasteiger partial charge in [-0.3, -0.25) is 9.59 Å². The van der Waals surface area contributed by atoms with Crippen LogP contribution in [0, 0.1) is 5.82 Å². The molecule has 0 atom stereocenters. The summed E-state index contributed by atoms with van der Waals surface area (Å²) < 4.78 is 13.8. The van der Waals surface area contributed by atoms with Crippen molar-refractivity contribution in [1.82, 2.24) is 14.8 Å². The largest absolute Gasteiger partial charge is 0.357 e. The van der Waals surface area contributed by atoms with Gasteiger partial charge in [0.1, 0.15) is 11.5 Å².